The summed E-state index contributed by atoms with van der Waals surface area (Å²) in [4.78, 5) is 7.09. The summed E-state index contributed by atoms with van der Waals surface area (Å²) in [6.45, 7) is 12.7. The first-order valence-electron chi connectivity index (χ1n) is 9.39. The molecule has 0 unspecified atom stereocenters. The Hall–Kier alpha value is -1.95. The summed E-state index contributed by atoms with van der Waals surface area (Å²) in [6, 6.07) is 6.12. The van der Waals surface area contributed by atoms with Gasteiger partial charge in [0, 0.05) is 19.6 Å². The molecule has 0 radical (unpaired) electrons. The Kier molecular flexibility index (Phi) is 8.39. The Morgan fingerprint density at radius 2 is 1.92 bits per heavy atom. The molecule has 0 bridgehead atoms. The maximum atomic E-state index is 5.43. The van der Waals surface area contributed by atoms with E-state index in [4.69, 9.17) is 9.47 Å². The number of guanidine groups is 1. The molecule has 1 aliphatic rings. The molecule has 1 aromatic rings. The number of nitrogens with zero attached hydrogens (tertiary/aromatic N) is 2. The SMILES string of the molecule is CCNC(=NCCCN(CC)CC)NCCc1ccc2c(c1)OCO2. The second kappa shape index (κ2) is 10.8. The number of rotatable bonds is 10. The molecule has 0 aromatic heterocycles. The fraction of sp³-hybridized carbons (Fsp3) is 0.632. The Morgan fingerprint density at radius 3 is 2.68 bits per heavy atom. The van der Waals surface area contributed by atoms with Gasteiger partial charge in [0.25, 0.3) is 0 Å². The van der Waals surface area contributed by atoms with Crippen molar-refractivity contribution in [2.24, 2.45) is 4.99 Å². The van der Waals surface area contributed by atoms with E-state index in [-0.39, 0.29) is 0 Å². The molecular weight excluding hydrogens is 316 g/mol. The third-order valence-electron chi connectivity index (χ3n) is 4.28. The third kappa shape index (κ3) is 6.46. The van der Waals surface area contributed by atoms with E-state index in [2.05, 4.69) is 53.4 Å². The zero-order valence-electron chi connectivity index (χ0n) is 15.8. The largest absolute Gasteiger partial charge is 0.454 e. The minimum atomic E-state index is 0.321. The van der Waals surface area contributed by atoms with Crippen molar-refractivity contribution < 1.29 is 9.47 Å². The molecule has 1 aliphatic heterocycles. The maximum Gasteiger partial charge on any atom is 0.231 e. The van der Waals surface area contributed by atoms with Crippen LogP contribution in [-0.2, 0) is 6.42 Å². The zero-order valence-corrected chi connectivity index (χ0v) is 15.8. The second-order valence-electron chi connectivity index (χ2n) is 6.01. The van der Waals surface area contributed by atoms with Gasteiger partial charge in [0.15, 0.2) is 17.5 Å². The Balaban J connectivity index is 1.74. The van der Waals surface area contributed by atoms with Crippen molar-refractivity contribution >= 4 is 5.96 Å². The van der Waals surface area contributed by atoms with E-state index in [0.29, 0.717) is 6.79 Å². The van der Waals surface area contributed by atoms with Crippen molar-refractivity contribution in [2.45, 2.75) is 33.6 Å². The van der Waals surface area contributed by atoms with Gasteiger partial charge in [-0.2, -0.15) is 0 Å². The van der Waals surface area contributed by atoms with Gasteiger partial charge in [-0.05, 0) is 57.1 Å². The van der Waals surface area contributed by atoms with Crippen LogP contribution in [0.3, 0.4) is 0 Å². The summed E-state index contributed by atoms with van der Waals surface area (Å²) in [5.74, 6) is 2.57. The lowest BCUT2D eigenvalue weighted by molar-refractivity contribution is 0.174. The summed E-state index contributed by atoms with van der Waals surface area (Å²) in [5.41, 5.74) is 1.23. The zero-order chi connectivity index (χ0) is 17.9. The molecule has 0 fully saturated rings. The van der Waals surface area contributed by atoms with Gasteiger partial charge in [-0.25, -0.2) is 0 Å². The van der Waals surface area contributed by atoms with E-state index in [0.717, 1.165) is 69.6 Å². The van der Waals surface area contributed by atoms with Crippen LogP contribution in [0.1, 0.15) is 32.8 Å². The lowest BCUT2D eigenvalue weighted by Gasteiger charge is -2.17. The summed E-state index contributed by atoms with van der Waals surface area (Å²) >= 11 is 0. The molecule has 0 saturated heterocycles. The van der Waals surface area contributed by atoms with Crippen molar-refractivity contribution in [3.8, 4) is 11.5 Å². The summed E-state index contributed by atoms with van der Waals surface area (Å²) in [6.07, 6.45) is 2.00. The highest BCUT2D eigenvalue weighted by molar-refractivity contribution is 5.79. The maximum absolute atomic E-state index is 5.43. The fourth-order valence-electron chi connectivity index (χ4n) is 2.79. The number of hydrogen-bond donors (Lipinski definition) is 2. The highest BCUT2D eigenvalue weighted by atomic mass is 16.7. The van der Waals surface area contributed by atoms with Gasteiger partial charge in [0.05, 0.1) is 0 Å². The number of hydrogen-bond acceptors (Lipinski definition) is 4. The van der Waals surface area contributed by atoms with Gasteiger partial charge in [-0.1, -0.05) is 19.9 Å². The van der Waals surface area contributed by atoms with Crippen LogP contribution < -0.4 is 20.1 Å². The number of ether oxygens (including phenoxy) is 2. The average molecular weight is 348 g/mol. The molecule has 140 valence electrons. The van der Waals surface area contributed by atoms with Crippen molar-refractivity contribution in [3.63, 3.8) is 0 Å². The molecule has 6 nitrogen and oxygen atoms in total. The van der Waals surface area contributed by atoms with Gasteiger partial charge in [-0.15, -0.1) is 0 Å². The van der Waals surface area contributed by atoms with Crippen LogP contribution in [0, 0.1) is 0 Å². The lowest BCUT2D eigenvalue weighted by Crippen LogP contribution is -2.38. The third-order valence-corrected chi connectivity index (χ3v) is 4.28. The van der Waals surface area contributed by atoms with E-state index in [1.807, 2.05) is 6.07 Å². The van der Waals surface area contributed by atoms with Gasteiger partial charge in [0.1, 0.15) is 0 Å². The van der Waals surface area contributed by atoms with Crippen LogP contribution in [0.4, 0.5) is 0 Å². The molecule has 2 rings (SSSR count). The highest BCUT2D eigenvalue weighted by Crippen LogP contribution is 2.32. The number of benzene rings is 1. The molecule has 6 heteroatoms. The minimum Gasteiger partial charge on any atom is -0.454 e. The van der Waals surface area contributed by atoms with E-state index in [9.17, 15) is 0 Å². The fourth-order valence-corrected chi connectivity index (χ4v) is 2.79. The van der Waals surface area contributed by atoms with Gasteiger partial charge >= 0.3 is 0 Å². The van der Waals surface area contributed by atoms with Crippen molar-refractivity contribution in [3.05, 3.63) is 23.8 Å². The predicted octanol–water partition coefficient (Wildman–Crippen LogP) is 2.24. The van der Waals surface area contributed by atoms with Crippen LogP contribution in [0.2, 0.25) is 0 Å². The molecule has 0 aliphatic carbocycles. The Morgan fingerprint density at radius 1 is 1.12 bits per heavy atom. The van der Waals surface area contributed by atoms with Crippen molar-refractivity contribution in [1.82, 2.24) is 15.5 Å². The topological polar surface area (TPSA) is 58.1 Å². The average Bonchev–Trinajstić information content (AvgIpc) is 3.09. The van der Waals surface area contributed by atoms with Crippen LogP contribution in [0.15, 0.2) is 23.2 Å². The van der Waals surface area contributed by atoms with Crippen molar-refractivity contribution in [2.75, 3.05) is 46.1 Å². The van der Waals surface area contributed by atoms with E-state index >= 15 is 0 Å². The first-order valence-corrected chi connectivity index (χ1v) is 9.39. The standard InChI is InChI=1S/C19H32N4O2/c1-4-20-19(21-11-7-13-23(5-2)6-3)22-12-10-16-8-9-17-18(14-16)25-15-24-17/h8-9,14H,4-7,10-13,15H2,1-3H3,(H2,20,21,22). The molecule has 1 aromatic carbocycles. The molecule has 0 spiro atoms. The quantitative estimate of drug-likeness (QED) is 0.386. The molecular formula is C19H32N4O2. The van der Waals surface area contributed by atoms with Crippen LogP contribution in [0.25, 0.3) is 0 Å². The van der Waals surface area contributed by atoms with Crippen LogP contribution >= 0.6 is 0 Å². The summed E-state index contributed by atoms with van der Waals surface area (Å²) < 4.78 is 10.8. The number of aliphatic imine (C=N–C) groups is 1. The molecule has 0 saturated carbocycles. The van der Waals surface area contributed by atoms with Gasteiger partial charge < -0.3 is 25.0 Å². The highest BCUT2D eigenvalue weighted by Gasteiger charge is 2.12. The molecule has 0 atom stereocenters. The summed E-state index contributed by atoms with van der Waals surface area (Å²) in [7, 11) is 0. The number of nitrogens with one attached hydrogen (secondary N) is 2. The molecule has 25 heavy (non-hydrogen) atoms. The van der Waals surface area contributed by atoms with Crippen LogP contribution in [0.5, 0.6) is 11.5 Å². The number of fused-ring (bicyclic) bond motifs is 1. The molecule has 0 amide bonds. The first kappa shape index (κ1) is 19.4. The Bertz CT molecular complexity index is 544. The smallest absolute Gasteiger partial charge is 0.231 e. The minimum absolute atomic E-state index is 0.321. The summed E-state index contributed by atoms with van der Waals surface area (Å²) in [5, 5.41) is 6.71. The molecule has 1 heterocycles. The van der Waals surface area contributed by atoms with Gasteiger partial charge in [-0.3, -0.25) is 4.99 Å². The van der Waals surface area contributed by atoms with Gasteiger partial charge in [0.2, 0.25) is 6.79 Å². The normalized spacial score (nSPS) is 13.4. The van der Waals surface area contributed by atoms with Crippen LogP contribution in [-0.4, -0.2) is 56.9 Å². The van der Waals surface area contributed by atoms with E-state index in [1.165, 1.54) is 5.56 Å². The first-order chi connectivity index (χ1) is 12.3. The lowest BCUT2D eigenvalue weighted by atomic mass is 10.1. The Labute approximate surface area is 151 Å². The monoisotopic (exact) mass is 348 g/mol. The van der Waals surface area contributed by atoms with E-state index < -0.39 is 0 Å². The second-order valence-corrected chi connectivity index (χ2v) is 6.01. The predicted molar refractivity (Wildman–Crippen MR) is 103 cm³/mol. The van der Waals surface area contributed by atoms with E-state index in [1.54, 1.807) is 0 Å². The van der Waals surface area contributed by atoms with Crippen molar-refractivity contribution in [1.29, 1.82) is 0 Å². The molecule has 2 N–H and O–H groups in total.